The summed E-state index contributed by atoms with van der Waals surface area (Å²) in [5, 5.41) is 0. The van der Waals surface area contributed by atoms with Gasteiger partial charge in [-0.25, -0.2) is 0 Å². The normalized spacial score (nSPS) is 16.6. The first-order valence-corrected chi connectivity index (χ1v) is 7.71. The summed E-state index contributed by atoms with van der Waals surface area (Å²) in [5.74, 6) is 1.11. The predicted molar refractivity (Wildman–Crippen MR) is 80.2 cm³/mol. The molecule has 106 valence electrons. The lowest BCUT2D eigenvalue weighted by Crippen LogP contribution is -3.12. The molecule has 1 aliphatic rings. The van der Waals surface area contributed by atoms with Gasteiger partial charge in [-0.2, -0.15) is 0 Å². The average Bonchev–Trinajstić information content (AvgIpc) is 2.43. The zero-order chi connectivity index (χ0) is 13.7. The van der Waals surface area contributed by atoms with Crippen LogP contribution >= 0.6 is 0 Å². The predicted octanol–water partition coefficient (Wildman–Crippen LogP) is 2.45. The van der Waals surface area contributed by atoms with Crippen LogP contribution in [0.5, 0.6) is 5.75 Å². The van der Waals surface area contributed by atoms with Crippen molar-refractivity contribution in [3.05, 3.63) is 28.8 Å². The Kier molecular flexibility index (Phi) is 5.26. The van der Waals surface area contributed by atoms with Crippen LogP contribution in [0.2, 0.25) is 0 Å². The molecule has 0 unspecified atom stereocenters. The number of hydrogen-bond donors (Lipinski definition) is 1. The molecule has 1 aromatic rings. The van der Waals surface area contributed by atoms with Gasteiger partial charge in [0.05, 0.1) is 26.2 Å². The number of quaternary nitrogens is 1. The van der Waals surface area contributed by atoms with Gasteiger partial charge < -0.3 is 9.64 Å². The number of aryl methyl sites for hydroxylation is 2. The Labute approximate surface area is 117 Å². The minimum Gasteiger partial charge on any atom is -0.493 e. The fourth-order valence-electron chi connectivity index (χ4n) is 2.95. The van der Waals surface area contributed by atoms with Gasteiger partial charge in [0.15, 0.2) is 0 Å². The van der Waals surface area contributed by atoms with Crippen molar-refractivity contribution >= 4 is 0 Å². The van der Waals surface area contributed by atoms with Crippen molar-refractivity contribution in [2.45, 2.75) is 46.5 Å². The van der Waals surface area contributed by atoms with Crippen molar-refractivity contribution in [1.82, 2.24) is 0 Å². The summed E-state index contributed by atoms with van der Waals surface area (Å²) in [6.45, 7) is 11.3. The molecule has 0 spiro atoms. The first kappa shape index (κ1) is 14.4. The minimum absolute atomic E-state index is 0.856. The zero-order valence-corrected chi connectivity index (χ0v) is 12.7. The van der Waals surface area contributed by atoms with Crippen molar-refractivity contribution in [3.63, 3.8) is 0 Å². The third kappa shape index (κ3) is 3.97. The molecule has 1 aromatic carbocycles. The summed E-state index contributed by atoms with van der Waals surface area (Å²) >= 11 is 0. The second kappa shape index (κ2) is 6.95. The van der Waals surface area contributed by atoms with E-state index in [0.717, 1.165) is 12.4 Å². The van der Waals surface area contributed by atoms with Crippen LogP contribution in [0.15, 0.2) is 12.1 Å². The van der Waals surface area contributed by atoms with E-state index in [2.05, 4.69) is 32.9 Å². The van der Waals surface area contributed by atoms with Crippen molar-refractivity contribution in [3.8, 4) is 5.75 Å². The number of ether oxygens (including phenoxy) is 1. The highest BCUT2D eigenvalue weighted by atomic mass is 16.5. The standard InChI is InChI=1S/C17H27NO/c1-14-8-9-15(2)17(16(14)3)19-13-7-12-18-10-5-4-6-11-18/h8-9H,4-7,10-13H2,1-3H3/p+1. The molecule has 0 radical (unpaired) electrons. The Bertz CT molecular complexity index is 408. The molecule has 2 nitrogen and oxygen atoms in total. The van der Waals surface area contributed by atoms with Crippen LogP contribution in [-0.2, 0) is 0 Å². The molecule has 1 saturated heterocycles. The highest BCUT2D eigenvalue weighted by molar-refractivity contribution is 5.44. The number of benzene rings is 1. The fraction of sp³-hybridized carbons (Fsp3) is 0.647. The summed E-state index contributed by atoms with van der Waals surface area (Å²) in [6.07, 6.45) is 5.42. The first-order valence-electron chi connectivity index (χ1n) is 7.71. The molecular weight excluding hydrogens is 234 g/mol. The van der Waals surface area contributed by atoms with E-state index < -0.39 is 0 Å². The maximum absolute atomic E-state index is 6.03. The average molecular weight is 262 g/mol. The highest BCUT2D eigenvalue weighted by Gasteiger charge is 2.13. The lowest BCUT2D eigenvalue weighted by molar-refractivity contribution is -0.905. The molecule has 2 heteroatoms. The van der Waals surface area contributed by atoms with E-state index in [0.29, 0.717) is 0 Å². The molecular formula is C17H28NO+. The van der Waals surface area contributed by atoms with E-state index in [-0.39, 0.29) is 0 Å². The molecule has 0 saturated carbocycles. The Morgan fingerprint density at radius 3 is 2.42 bits per heavy atom. The second-order valence-corrected chi connectivity index (χ2v) is 5.92. The summed E-state index contributed by atoms with van der Waals surface area (Å²) in [5.41, 5.74) is 3.88. The van der Waals surface area contributed by atoms with Crippen LogP contribution in [0.1, 0.15) is 42.4 Å². The van der Waals surface area contributed by atoms with Crippen LogP contribution in [0.4, 0.5) is 0 Å². The molecule has 1 fully saturated rings. The van der Waals surface area contributed by atoms with Crippen molar-refractivity contribution < 1.29 is 9.64 Å². The van der Waals surface area contributed by atoms with Gasteiger partial charge in [0.25, 0.3) is 0 Å². The van der Waals surface area contributed by atoms with Crippen LogP contribution in [-0.4, -0.2) is 26.2 Å². The van der Waals surface area contributed by atoms with Gasteiger partial charge >= 0.3 is 0 Å². The summed E-state index contributed by atoms with van der Waals surface area (Å²) in [6, 6.07) is 4.34. The number of nitrogens with one attached hydrogen (secondary N) is 1. The number of rotatable bonds is 5. The van der Waals surface area contributed by atoms with E-state index in [9.17, 15) is 0 Å². The molecule has 0 aliphatic carbocycles. The van der Waals surface area contributed by atoms with Crippen LogP contribution < -0.4 is 9.64 Å². The SMILES string of the molecule is Cc1ccc(C)c(OCCC[NH+]2CCCCC2)c1C. The summed E-state index contributed by atoms with van der Waals surface area (Å²) in [7, 11) is 0. The quantitative estimate of drug-likeness (QED) is 0.805. The van der Waals surface area contributed by atoms with Gasteiger partial charge in [-0.05, 0) is 56.7 Å². The van der Waals surface area contributed by atoms with Crippen LogP contribution in [0, 0.1) is 20.8 Å². The first-order chi connectivity index (χ1) is 9.18. The van der Waals surface area contributed by atoms with Crippen molar-refractivity contribution in [1.29, 1.82) is 0 Å². The van der Waals surface area contributed by atoms with Gasteiger partial charge in [-0.1, -0.05) is 12.1 Å². The van der Waals surface area contributed by atoms with Gasteiger partial charge in [-0.3, -0.25) is 0 Å². The lowest BCUT2D eigenvalue weighted by Gasteiger charge is -2.23. The summed E-state index contributed by atoms with van der Waals surface area (Å²) in [4.78, 5) is 1.77. The van der Waals surface area contributed by atoms with Crippen molar-refractivity contribution in [2.75, 3.05) is 26.2 Å². The van der Waals surface area contributed by atoms with Crippen molar-refractivity contribution in [2.24, 2.45) is 0 Å². The largest absolute Gasteiger partial charge is 0.493 e. The highest BCUT2D eigenvalue weighted by Crippen LogP contribution is 2.25. The smallest absolute Gasteiger partial charge is 0.125 e. The number of hydrogen-bond acceptors (Lipinski definition) is 1. The topological polar surface area (TPSA) is 13.7 Å². The molecule has 1 N–H and O–H groups in total. The van der Waals surface area contributed by atoms with E-state index in [1.54, 1.807) is 4.90 Å². The summed E-state index contributed by atoms with van der Waals surface area (Å²) < 4.78 is 6.03. The zero-order valence-electron chi connectivity index (χ0n) is 12.7. The second-order valence-electron chi connectivity index (χ2n) is 5.92. The molecule has 0 amide bonds. The third-order valence-electron chi connectivity index (χ3n) is 4.36. The number of piperidine rings is 1. The Balaban J connectivity index is 1.77. The molecule has 1 heterocycles. The molecule has 0 bridgehead atoms. The van der Waals surface area contributed by atoms with Crippen LogP contribution in [0.25, 0.3) is 0 Å². The minimum atomic E-state index is 0.856. The molecule has 19 heavy (non-hydrogen) atoms. The Morgan fingerprint density at radius 2 is 1.68 bits per heavy atom. The van der Waals surface area contributed by atoms with E-state index in [4.69, 9.17) is 4.74 Å². The molecule has 0 aromatic heterocycles. The van der Waals surface area contributed by atoms with Gasteiger partial charge in [0.2, 0.25) is 0 Å². The molecule has 0 atom stereocenters. The van der Waals surface area contributed by atoms with E-state index in [1.807, 2.05) is 0 Å². The van der Waals surface area contributed by atoms with Crippen LogP contribution in [0.3, 0.4) is 0 Å². The van der Waals surface area contributed by atoms with E-state index in [1.165, 1.54) is 62.0 Å². The Hall–Kier alpha value is -1.02. The molecule has 1 aliphatic heterocycles. The Morgan fingerprint density at radius 1 is 1.00 bits per heavy atom. The third-order valence-corrected chi connectivity index (χ3v) is 4.36. The maximum Gasteiger partial charge on any atom is 0.125 e. The van der Waals surface area contributed by atoms with Gasteiger partial charge in [0, 0.05) is 6.42 Å². The number of likely N-dealkylation sites (tertiary alicyclic amines) is 1. The maximum atomic E-state index is 6.03. The monoisotopic (exact) mass is 262 g/mol. The van der Waals surface area contributed by atoms with Gasteiger partial charge in [0.1, 0.15) is 5.75 Å². The molecule has 2 rings (SSSR count). The van der Waals surface area contributed by atoms with Gasteiger partial charge in [-0.15, -0.1) is 0 Å². The lowest BCUT2D eigenvalue weighted by atomic mass is 10.1. The fourth-order valence-corrected chi connectivity index (χ4v) is 2.95. The van der Waals surface area contributed by atoms with E-state index >= 15 is 0 Å².